The van der Waals surface area contributed by atoms with Gasteiger partial charge in [0, 0.05) is 17.2 Å². The molecule has 4 atom stereocenters. The highest BCUT2D eigenvalue weighted by atomic mass is 19.1. The number of nitrogens with one attached hydrogen (secondary N) is 1. The van der Waals surface area contributed by atoms with E-state index < -0.39 is 47.9 Å². The van der Waals surface area contributed by atoms with Gasteiger partial charge in [-0.2, -0.15) is 0 Å². The predicted octanol–water partition coefficient (Wildman–Crippen LogP) is -1.10. The zero-order chi connectivity index (χ0) is 16.5. The molecular formula is C10H10FN5O6. The molecule has 1 aliphatic heterocycles. The first-order valence-corrected chi connectivity index (χ1v) is 5.89. The van der Waals surface area contributed by atoms with Crippen LogP contribution in [-0.4, -0.2) is 50.2 Å². The lowest BCUT2D eigenvalue weighted by Gasteiger charge is -2.25. The Labute approximate surface area is 120 Å². The molecule has 0 spiro atoms. The zero-order valence-corrected chi connectivity index (χ0v) is 10.8. The van der Waals surface area contributed by atoms with E-state index in [2.05, 4.69) is 10.0 Å². The number of carbonyl (C=O) groups is 1. The van der Waals surface area contributed by atoms with Gasteiger partial charge in [0.25, 0.3) is 5.56 Å². The third-order valence-electron chi connectivity index (χ3n) is 3.24. The molecular weight excluding hydrogens is 305 g/mol. The molecule has 2 heterocycles. The van der Waals surface area contributed by atoms with Crippen molar-refractivity contribution >= 4 is 5.97 Å². The maximum Gasteiger partial charge on any atom is 0.339 e. The molecule has 0 amide bonds. The number of aliphatic hydroxyl groups is 1. The molecule has 22 heavy (non-hydrogen) atoms. The Bertz CT molecular complexity index is 755. The first-order chi connectivity index (χ1) is 10.3. The molecule has 0 radical (unpaired) electrons. The number of aromatic amines is 1. The van der Waals surface area contributed by atoms with E-state index in [1.807, 2.05) is 4.98 Å². The first kappa shape index (κ1) is 15.7. The summed E-state index contributed by atoms with van der Waals surface area (Å²) in [5.41, 5.74) is 3.95. The number of carboxylic acid groups (broad SMARTS) is 1. The van der Waals surface area contributed by atoms with Crippen LogP contribution in [-0.2, 0) is 9.53 Å². The Balaban J connectivity index is 2.48. The normalized spacial score (nSPS) is 30.7. The van der Waals surface area contributed by atoms with Gasteiger partial charge in [-0.15, -0.1) is 0 Å². The van der Waals surface area contributed by atoms with Crippen molar-refractivity contribution in [2.45, 2.75) is 24.1 Å². The Morgan fingerprint density at radius 2 is 2.32 bits per heavy atom. The number of aliphatic carboxylic acids is 1. The fourth-order valence-electron chi connectivity index (χ4n) is 2.11. The largest absolute Gasteiger partial charge is 0.479 e. The van der Waals surface area contributed by atoms with Gasteiger partial charge in [-0.1, -0.05) is 5.11 Å². The summed E-state index contributed by atoms with van der Waals surface area (Å²) in [7, 11) is 0. The third kappa shape index (κ3) is 2.35. The van der Waals surface area contributed by atoms with Crippen LogP contribution in [0.5, 0.6) is 0 Å². The van der Waals surface area contributed by atoms with Crippen molar-refractivity contribution < 1.29 is 24.1 Å². The van der Waals surface area contributed by atoms with Gasteiger partial charge in [-0.25, -0.2) is 14.0 Å². The summed E-state index contributed by atoms with van der Waals surface area (Å²) < 4.78 is 19.8. The Hall–Kier alpha value is -2.69. The highest BCUT2D eigenvalue weighted by Gasteiger charge is 2.60. The third-order valence-corrected chi connectivity index (χ3v) is 3.24. The van der Waals surface area contributed by atoms with Gasteiger partial charge in [0.2, 0.25) is 5.60 Å². The molecule has 11 nitrogen and oxygen atoms in total. The summed E-state index contributed by atoms with van der Waals surface area (Å²) >= 11 is 0. The molecule has 0 saturated carbocycles. The average molecular weight is 315 g/mol. The van der Waals surface area contributed by atoms with Crippen LogP contribution in [0.2, 0.25) is 0 Å². The Morgan fingerprint density at radius 1 is 1.64 bits per heavy atom. The smallest absolute Gasteiger partial charge is 0.339 e. The van der Waals surface area contributed by atoms with Gasteiger partial charge in [-0.3, -0.25) is 14.3 Å². The molecule has 1 aromatic rings. The number of aromatic nitrogens is 2. The van der Waals surface area contributed by atoms with E-state index in [0.717, 1.165) is 12.3 Å². The number of rotatable bonds is 4. The molecule has 1 saturated heterocycles. The van der Waals surface area contributed by atoms with Crippen LogP contribution in [0.1, 0.15) is 6.23 Å². The van der Waals surface area contributed by atoms with Gasteiger partial charge in [0.15, 0.2) is 12.4 Å². The number of azide groups is 1. The second kappa shape index (κ2) is 5.60. The number of halogens is 1. The Kier molecular flexibility index (Phi) is 3.99. The molecule has 0 unspecified atom stereocenters. The maximum absolute atomic E-state index is 14.2. The summed E-state index contributed by atoms with van der Waals surface area (Å²) in [6.45, 7) is -0.880. The van der Waals surface area contributed by atoms with Crippen LogP contribution >= 0.6 is 0 Å². The van der Waals surface area contributed by atoms with E-state index in [9.17, 15) is 29.0 Å². The van der Waals surface area contributed by atoms with E-state index in [-0.39, 0.29) is 0 Å². The second-order valence-electron chi connectivity index (χ2n) is 4.50. The summed E-state index contributed by atoms with van der Waals surface area (Å²) in [4.78, 5) is 38.1. The minimum atomic E-state index is -2.54. The first-order valence-electron chi connectivity index (χ1n) is 5.89. The number of H-pyrrole nitrogens is 1. The van der Waals surface area contributed by atoms with Crippen molar-refractivity contribution in [3.8, 4) is 0 Å². The molecule has 1 aromatic heterocycles. The van der Waals surface area contributed by atoms with Crippen LogP contribution in [0, 0.1) is 0 Å². The number of hydrogen-bond donors (Lipinski definition) is 3. The molecule has 118 valence electrons. The van der Waals surface area contributed by atoms with Crippen LogP contribution < -0.4 is 11.2 Å². The minimum Gasteiger partial charge on any atom is -0.479 e. The number of hydrogen-bond acceptors (Lipinski definition) is 6. The number of aliphatic hydroxyl groups excluding tert-OH is 1. The number of alkyl halides is 1. The molecule has 0 aromatic carbocycles. The van der Waals surface area contributed by atoms with Gasteiger partial charge in [0.05, 0.1) is 6.54 Å². The van der Waals surface area contributed by atoms with Crippen molar-refractivity contribution in [3.05, 3.63) is 43.5 Å². The van der Waals surface area contributed by atoms with Gasteiger partial charge >= 0.3 is 11.7 Å². The lowest BCUT2D eigenvalue weighted by Crippen LogP contribution is -2.51. The lowest BCUT2D eigenvalue weighted by atomic mass is 9.96. The maximum atomic E-state index is 14.2. The van der Waals surface area contributed by atoms with Crippen molar-refractivity contribution in [2.24, 2.45) is 5.11 Å². The fraction of sp³-hybridized carbons (Fsp3) is 0.500. The van der Waals surface area contributed by atoms with Crippen molar-refractivity contribution in [2.75, 3.05) is 6.54 Å². The van der Waals surface area contributed by atoms with Crippen LogP contribution in [0.3, 0.4) is 0 Å². The average Bonchev–Trinajstić information content (AvgIpc) is 2.71. The summed E-state index contributed by atoms with van der Waals surface area (Å²) in [5.74, 6) is -1.75. The second-order valence-corrected chi connectivity index (χ2v) is 4.50. The predicted molar refractivity (Wildman–Crippen MR) is 66.7 cm³/mol. The zero-order valence-electron chi connectivity index (χ0n) is 10.8. The summed E-state index contributed by atoms with van der Waals surface area (Å²) in [6, 6.07) is 0.901. The number of carboxylic acids is 1. The standard InChI is InChI=1S/C10H10FN5O6/c11-5-6(18)10(8(19)20,3-13-15-12)22-7(5)16-2-1-4(17)14-9(16)21/h1-2,5-7,18H,3H2,(H,19,20)(H,14,17,21)/t5-,6+,7-,10+/m1/s1. The molecule has 2 rings (SSSR count). The van der Waals surface area contributed by atoms with Crippen LogP contribution in [0.4, 0.5) is 4.39 Å². The van der Waals surface area contributed by atoms with Crippen LogP contribution in [0.25, 0.3) is 10.4 Å². The number of nitrogens with zero attached hydrogens (tertiary/aromatic N) is 4. The van der Waals surface area contributed by atoms with Gasteiger partial charge in [-0.05, 0) is 5.53 Å². The van der Waals surface area contributed by atoms with Gasteiger partial charge < -0.3 is 14.9 Å². The highest BCUT2D eigenvalue weighted by molar-refractivity contribution is 5.79. The summed E-state index contributed by atoms with van der Waals surface area (Å²) in [6.07, 6.45) is -5.38. The monoisotopic (exact) mass is 315 g/mol. The molecule has 0 bridgehead atoms. The topological polar surface area (TPSA) is 170 Å². The lowest BCUT2D eigenvalue weighted by molar-refractivity contribution is -0.174. The molecule has 0 aliphatic carbocycles. The van der Waals surface area contributed by atoms with E-state index in [1.54, 1.807) is 0 Å². The van der Waals surface area contributed by atoms with E-state index in [1.165, 1.54) is 0 Å². The Morgan fingerprint density at radius 3 is 2.86 bits per heavy atom. The molecule has 1 fully saturated rings. The van der Waals surface area contributed by atoms with E-state index in [4.69, 9.17) is 10.3 Å². The molecule has 1 aliphatic rings. The molecule has 12 heteroatoms. The minimum absolute atomic E-state index is 0.593. The number of ether oxygens (including phenoxy) is 1. The van der Waals surface area contributed by atoms with E-state index in [0.29, 0.717) is 4.57 Å². The van der Waals surface area contributed by atoms with Crippen molar-refractivity contribution in [3.63, 3.8) is 0 Å². The SMILES string of the molecule is [N-]=[N+]=NC[C@]1(C(=O)O)O[C@@H](n2ccc(=O)[nH]c2=O)[C@H](F)[C@@H]1O. The quantitative estimate of drug-likeness (QED) is 0.361. The summed E-state index contributed by atoms with van der Waals surface area (Å²) in [5, 5.41) is 22.0. The van der Waals surface area contributed by atoms with E-state index >= 15 is 0 Å². The fourth-order valence-corrected chi connectivity index (χ4v) is 2.11. The highest BCUT2D eigenvalue weighted by Crippen LogP contribution is 2.39. The van der Waals surface area contributed by atoms with Crippen molar-refractivity contribution in [1.82, 2.24) is 9.55 Å². The van der Waals surface area contributed by atoms with Crippen molar-refractivity contribution in [1.29, 1.82) is 0 Å². The molecule has 3 N–H and O–H groups in total. The van der Waals surface area contributed by atoms with Crippen LogP contribution in [0.15, 0.2) is 27.0 Å². The van der Waals surface area contributed by atoms with Gasteiger partial charge in [0.1, 0.15) is 6.10 Å².